The number of morpholine rings is 1. The van der Waals surface area contributed by atoms with Gasteiger partial charge in [0.1, 0.15) is 11.0 Å². The van der Waals surface area contributed by atoms with E-state index in [9.17, 15) is 8.42 Å². The van der Waals surface area contributed by atoms with Gasteiger partial charge in [-0.05, 0) is 13.0 Å². The SMILES string of the molecule is Cc1ccnc([C@@H]2CN(S(=O)(=O)c3cn[nH]c3)CCO2)n1. The molecule has 0 spiro atoms. The third kappa shape index (κ3) is 2.80. The minimum atomic E-state index is -3.57. The van der Waals surface area contributed by atoms with E-state index in [1.807, 2.05) is 6.92 Å². The molecule has 0 amide bonds. The Kier molecular flexibility index (Phi) is 3.70. The van der Waals surface area contributed by atoms with Crippen LogP contribution in [0, 0.1) is 6.92 Å². The molecule has 3 heterocycles. The first-order valence-electron chi connectivity index (χ1n) is 6.47. The number of nitrogens with one attached hydrogen (secondary N) is 1. The van der Waals surface area contributed by atoms with Gasteiger partial charge < -0.3 is 4.74 Å². The monoisotopic (exact) mass is 309 g/mol. The van der Waals surface area contributed by atoms with Crippen LogP contribution in [0.5, 0.6) is 0 Å². The van der Waals surface area contributed by atoms with E-state index < -0.39 is 16.1 Å². The molecule has 2 aromatic rings. The zero-order chi connectivity index (χ0) is 14.9. The first-order valence-corrected chi connectivity index (χ1v) is 7.91. The summed E-state index contributed by atoms with van der Waals surface area (Å²) in [5.41, 5.74) is 0.818. The van der Waals surface area contributed by atoms with Crippen molar-refractivity contribution in [3.63, 3.8) is 0 Å². The number of aromatic nitrogens is 4. The Bertz CT molecular complexity index is 716. The van der Waals surface area contributed by atoms with Crippen molar-refractivity contribution >= 4 is 10.0 Å². The molecule has 0 radical (unpaired) electrons. The molecule has 1 saturated heterocycles. The standard InChI is InChI=1S/C12H15N5O3S/c1-9-2-3-13-12(16-9)11-8-17(4-5-20-11)21(18,19)10-6-14-15-7-10/h2-3,6-7,11H,4-5,8H2,1H3,(H,14,15)/t11-/m0/s1. The van der Waals surface area contributed by atoms with Crippen LogP contribution in [0.3, 0.4) is 0 Å². The molecular weight excluding hydrogens is 294 g/mol. The summed E-state index contributed by atoms with van der Waals surface area (Å²) in [7, 11) is -3.57. The van der Waals surface area contributed by atoms with Crippen molar-refractivity contribution in [2.75, 3.05) is 19.7 Å². The Morgan fingerprint density at radius 2 is 2.33 bits per heavy atom. The Morgan fingerprint density at radius 1 is 1.48 bits per heavy atom. The Hall–Kier alpha value is -1.84. The Morgan fingerprint density at radius 3 is 3.05 bits per heavy atom. The van der Waals surface area contributed by atoms with Crippen molar-refractivity contribution in [3.8, 4) is 0 Å². The van der Waals surface area contributed by atoms with Crippen molar-refractivity contribution < 1.29 is 13.2 Å². The van der Waals surface area contributed by atoms with Gasteiger partial charge in [-0.2, -0.15) is 9.40 Å². The van der Waals surface area contributed by atoms with E-state index in [0.717, 1.165) is 5.69 Å². The van der Waals surface area contributed by atoms with Crippen LogP contribution in [0.15, 0.2) is 29.6 Å². The molecule has 0 unspecified atom stereocenters. The Balaban J connectivity index is 1.83. The minimum Gasteiger partial charge on any atom is -0.367 e. The molecule has 0 bridgehead atoms. The summed E-state index contributed by atoms with van der Waals surface area (Å²) in [6, 6.07) is 1.78. The largest absolute Gasteiger partial charge is 0.367 e. The van der Waals surface area contributed by atoms with Crippen LogP contribution in [0.4, 0.5) is 0 Å². The van der Waals surface area contributed by atoms with E-state index in [-0.39, 0.29) is 11.4 Å². The summed E-state index contributed by atoms with van der Waals surface area (Å²) in [4.78, 5) is 8.61. The van der Waals surface area contributed by atoms with Crippen LogP contribution in [0.1, 0.15) is 17.6 Å². The molecule has 3 rings (SSSR count). The predicted molar refractivity (Wildman–Crippen MR) is 72.8 cm³/mol. The molecule has 112 valence electrons. The van der Waals surface area contributed by atoms with Gasteiger partial charge in [-0.3, -0.25) is 5.10 Å². The molecule has 0 aromatic carbocycles. The molecule has 0 aliphatic carbocycles. The molecule has 1 fully saturated rings. The van der Waals surface area contributed by atoms with Crippen LogP contribution in [0.25, 0.3) is 0 Å². The lowest BCUT2D eigenvalue weighted by molar-refractivity contribution is -0.00761. The first-order chi connectivity index (χ1) is 10.1. The molecule has 21 heavy (non-hydrogen) atoms. The zero-order valence-corrected chi connectivity index (χ0v) is 12.2. The van der Waals surface area contributed by atoms with Gasteiger partial charge in [-0.15, -0.1) is 0 Å². The highest BCUT2D eigenvalue weighted by Gasteiger charge is 2.33. The van der Waals surface area contributed by atoms with Gasteiger partial charge >= 0.3 is 0 Å². The predicted octanol–water partition coefficient (Wildman–Crippen LogP) is 0.270. The number of aryl methyl sites for hydroxylation is 1. The highest BCUT2D eigenvalue weighted by molar-refractivity contribution is 7.89. The molecule has 9 heteroatoms. The highest BCUT2D eigenvalue weighted by atomic mass is 32.2. The van der Waals surface area contributed by atoms with Gasteiger partial charge in [0.25, 0.3) is 0 Å². The van der Waals surface area contributed by atoms with Gasteiger partial charge in [0.15, 0.2) is 5.82 Å². The van der Waals surface area contributed by atoms with Crippen molar-refractivity contribution in [1.29, 1.82) is 0 Å². The maximum absolute atomic E-state index is 12.5. The van der Waals surface area contributed by atoms with Crippen molar-refractivity contribution in [2.45, 2.75) is 17.9 Å². The summed E-state index contributed by atoms with van der Waals surface area (Å²) in [5, 5.41) is 6.20. The third-order valence-corrected chi connectivity index (χ3v) is 5.07. The van der Waals surface area contributed by atoms with Crippen LogP contribution in [0.2, 0.25) is 0 Å². The van der Waals surface area contributed by atoms with Crippen LogP contribution in [-0.4, -0.2) is 52.6 Å². The number of nitrogens with zero attached hydrogens (tertiary/aromatic N) is 4. The summed E-state index contributed by atoms with van der Waals surface area (Å²) in [6.07, 6.45) is 3.84. The smallest absolute Gasteiger partial charge is 0.246 e. The minimum absolute atomic E-state index is 0.147. The molecular formula is C12H15N5O3S. The highest BCUT2D eigenvalue weighted by Crippen LogP contribution is 2.24. The number of H-pyrrole nitrogens is 1. The van der Waals surface area contributed by atoms with Gasteiger partial charge in [-0.1, -0.05) is 0 Å². The number of hydrogen-bond acceptors (Lipinski definition) is 6. The molecule has 1 aliphatic heterocycles. The normalized spacial score (nSPS) is 20.5. The summed E-state index contributed by atoms with van der Waals surface area (Å²) in [5.74, 6) is 0.502. The fourth-order valence-corrected chi connectivity index (χ4v) is 3.49. The fourth-order valence-electron chi connectivity index (χ4n) is 2.15. The van der Waals surface area contributed by atoms with Gasteiger partial charge in [0, 0.05) is 31.2 Å². The Labute approximate surface area is 122 Å². The van der Waals surface area contributed by atoms with Crippen molar-refractivity contribution in [2.24, 2.45) is 0 Å². The fraction of sp³-hybridized carbons (Fsp3) is 0.417. The zero-order valence-electron chi connectivity index (χ0n) is 11.4. The molecule has 1 N–H and O–H groups in total. The van der Waals surface area contributed by atoms with Crippen molar-refractivity contribution in [1.82, 2.24) is 24.5 Å². The quantitative estimate of drug-likeness (QED) is 0.873. The van der Waals surface area contributed by atoms with E-state index in [1.165, 1.54) is 16.7 Å². The van der Waals surface area contributed by atoms with Crippen molar-refractivity contribution in [3.05, 3.63) is 36.2 Å². The number of aromatic amines is 1. The van der Waals surface area contributed by atoms with E-state index in [1.54, 1.807) is 12.3 Å². The average molecular weight is 309 g/mol. The van der Waals surface area contributed by atoms with Crippen LogP contribution >= 0.6 is 0 Å². The summed E-state index contributed by atoms with van der Waals surface area (Å²) < 4.78 is 31.9. The van der Waals surface area contributed by atoms with Crippen LogP contribution < -0.4 is 0 Å². The maximum atomic E-state index is 12.5. The number of sulfonamides is 1. The lowest BCUT2D eigenvalue weighted by Gasteiger charge is -2.31. The maximum Gasteiger partial charge on any atom is 0.246 e. The average Bonchev–Trinajstić information content (AvgIpc) is 3.02. The number of rotatable bonds is 3. The second kappa shape index (κ2) is 5.51. The second-order valence-electron chi connectivity index (χ2n) is 4.71. The van der Waals surface area contributed by atoms with E-state index in [2.05, 4.69) is 20.2 Å². The molecule has 8 nitrogen and oxygen atoms in total. The lowest BCUT2D eigenvalue weighted by atomic mass is 10.3. The van der Waals surface area contributed by atoms with Gasteiger partial charge in [0.05, 0.1) is 12.8 Å². The molecule has 1 aliphatic rings. The van der Waals surface area contributed by atoms with E-state index in [4.69, 9.17) is 4.74 Å². The number of ether oxygens (including phenoxy) is 1. The lowest BCUT2D eigenvalue weighted by Crippen LogP contribution is -2.42. The number of hydrogen-bond donors (Lipinski definition) is 1. The van der Waals surface area contributed by atoms with Crippen LogP contribution in [-0.2, 0) is 14.8 Å². The summed E-state index contributed by atoms with van der Waals surface area (Å²) >= 11 is 0. The van der Waals surface area contributed by atoms with Gasteiger partial charge in [-0.25, -0.2) is 18.4 Å². The topological polar surface area (TPSA) is 101 Å². The molecule has 2 aromatic heterocycles. The van der Waals surface area contributed by atoms with E-state index >= 15 is 0 Å². The molecule has 0 saturated carbocycles. The van der Waals surface area contributed by atoms with Gasteiger partial charge in [0.2, 0.25) is 10.0 Å². The van der Waals surface area contributed by atoms with E-state index in [0.29, 0.717) is 19.0 Å². The summed E-state index contributed by atoms with van der Waals surface area (Å²) in [6.45, 7) is 2.65. The second-order valence-corrected chi connectivity index (χ2v) is 6.65. The first kappa shape index (κ1) is 14.1. The third-order valence-electron chi connectivity index (χ3n) is 3.24. The molecule has 1 atom stereocenters.